The van der Waals surface area contributed by atoms with Crippen molar-refractivity contribution in [1.82, 2.24) is 10.3 Å². The molecule has 0 aliphatic rings. The first kappa shape index (κ1) is 18.0. The van der Waals surface area contributed by atoms with E-state index in [0.29, 0.717) is 21.0 Å². The van der Waals surface area contributed by atoms with E-state index < -0.39 is 5.56 Å². The highest BCUT2D eigenvalue weighted by molar-refractivity contribution is 8.02. The summed E-state index contributed by atoms with van der Waals surface area (Å²) in [6.45, 7) is 2.44. The fourth-order valence-corrected chi connectivity index (χ4v) is 4.52. The van der Waals surface area contributed by atoms with E-state index in [1.54, 1.807) is 0 Å². The number of aryl methyl sites for hydroxylation is 1. The highest BCUT2D eigenvalue weighted by Gasteiger charge is 2.17. The molecule has 6 nitrogen and oxygen atoms in total. The van der Waals surface area contributed by atoms with Crippen LogP contribution in [-0.4, -0.2) is 21.8 Å². The lowest BCUT2D eigenvalue weighted by molar-refractivity contribution is -0.118. The van der Waals surface area contributed by atoms with Crippen LogP contribution in [0, 0.1) is 18.3 Å². The first-order valence-corrected chi connectivity index (χ1v) is 9.52. The number of hydrogen-bond donors (Lipinski definition) is 3. The van der Waals surface area contributed by atoms with E-state index in [2.05, 4.69) is 10.3 Å². The van der Waals surface area contributed by atoms with Gasteiger partial charge in [0.2, 0.25) is 5.91 Å². The SMILES string of the molecule is Cc1ccc(CNC(=O)CSc2sc3c(O)cc(=O)[nH]c3c2C#N)cc1. The summed E-state index contributed by atoms with van der Waals surface area (Å²) in [6.07, 6.45) is 0. The molecule has 0 atom stereocenters. The fourth-order valence-electron chi connectivity index (χ4n) is 2.35. The molecule has 3 aromatic rings. The van der Waals surface area contributed by atoms with Gasteiger partial charge in [0.15, 0.2) is 0 Å². The third kappa shape index (κ3) is 3.90. The number of aromatic amines is 1. The second-order valence-electron chi connectivity index (χ2n) is 5.65. The molecule has 8 heteroatoms. The number of nitriles is 1. The molecule has 26 heavy (non-hydrogen) atoms. The quantitative estimate of drug-likeness (QED) is 0.586. The van der Waals surface area contributed by atoms with Gasteiger partial charge in [-0.2, -0.15) is 5.26 Å². The highest BCUT2D eigenvalue weighted by Crippen LogP contribution is 2.39. The van der Waals surface area contributed by atoms with Crippen molar-refractivity contribution in [3.8, 4) is 11.8 Å². The number of benzene rings is 1. The van der Waals surface area contributed by atoms with Crippen LogP contribution in [0.15, 0.2) is 39.3 Å². The van der Waals surface area contributed by atoms with Gasteiger partial charge in [-0.15, -0.1) is 23.1 Å². The maximum Gasteiger partial charge on any atom is 0.252 e. The number of thioether (sulfide) groups is 1. The molecule has 0 saturated carbocycles. The van der Waals surface area contributed by atoms with E-state index in [1.807, 2.05) is 37.3 Å². The summed E-state index contributed by atoms with van der Waals surface area (Å²) in [5, 5.41) is 22.1. The molecule has 0 spiro atoms. The Morgan fingerprint density at radius 2 is 2.12 bits per heavy atom. The molecule has 0 unspecified atom stereocenters. The van der Waals surface area contributed by atoms with Crippen LogP contribution in [0.25, 0.3) is 10.2 Å². The number of carbonyl (C=O) groups is 1. The normalized spacial score (nSPS) is 10.6. The number of H-pyrrole nitrogens is 1. The Hall–Kier alpha value is -2.76. The number of hydrogen-bond acceptors (Lipinski definition) is 6. The third-order valence-electron chi connectivity index (χ3n) is 3.68. The lowest BCUT2D eigenvalue weighted by atomic mass is 10.1. The van der Waals surface area contributed by atoms with Crippen LogP contribution in [0.2, 0.25) is 0 Å². The van der Waals surface area contributed by atoms with Crippen molar-refractivity contribution >= 4 is 39.2 Å². The molecule has 2 aromatic heterocycles. The molecule has 2 heterocycles. The van der Waals surface area contributed by atoms with Gasteiger partial charge in [-0.1, -0.05) is 29.8 Å². The number of fused-ring (bicyclic) bond motifs is 1. The summed E-state index contributed by atoms with van der Waals surface area (Å²) in [6, 6.07) is 11.0. The molecule has 0 saturated heterocycles. The summed E-state index contributed by atoms with van der Waals surface area (Å²) in [7, 11) is 0. The number of pyridine rings is 1. The van der Waals surface area contributed by atoms with Crippen molar-refractivity contribution in [2.75, 3.05) is 5.75 Å². The van der Waals surface area contributed by atoms with Crippen LogP contribution < -0.4 is 10.9 Å². The molecule has 1 amide bonds. The average Bonchev–Trinajstić information content (AvgIpc) is 2.97. The van der Waals surface area contributed by atoms with E-state index in [1.165, 1.54) is 23.1 Å². The van der Waals surface area contributed by atoms with Gasteiger partial charge in [-0.3, -0.25) is 9.59 Å². The zero-order chi connectivity index (χ0) is 18.7. The minimum absolute atomic E-state index is 0.137. The van der Waals surface area contributed by atoms with E-state index in [9.17, 15) is 20.0 Å². The van der Waals surface area contributed by atoms with Crippen molar-refractivity contribution in [3.63, 3.8) is 0 Å². The highest BCUT2D eigenvalue weighted by atomic mass is 32.2. The van der Waals surface area contributed by atoms with Gasteiger partial charge in [0, 0.05) is 12.6 Å². The van der Waals surface area contributed by atoms with Crippen LogP contribution >= 0.6 is 23.1 Å². The van der Waals surface area contributed by atoms with Crippen molar-refractivity contribution in [2.24, 2.45) is 0 Å². The molecule has 0 fully saturated rings. The summed E-state index contributed by atoms with van der Waals surface area (Å²) in [4.78, 5) is 26.1. The lowest BCUT2D eigenvalue weighted by Crippen LogP contribution is -2.24. The number of nitrogens with one attached hydrogen (secondary N) is 2. The monoisotopic (exact) mass is 385 g/mol. The molecule has 3 rings (SSSR count). The van der Waals surface area contributed by atoms with Crippen molar-refractivity contribution in [2.45, 2.75) is 17.7 Å². The largest absolute Gasteiger partial charge is 0.506 e. The fraction of sp³-hybridized carbons (Fsp3) is 0.167. The molecular formula is C18H15N3O3S2. The molecule has 0 aliphatic carbocycles. The van der Waals surface area contributed by atoms with Crippen molar-refractivity contribution in [3.05, 3.63) is 57.4 Å². The zero-order valence-electron chi connectivity index (χ0n) is 13.8. The van der Waals surface area contributed by atoms with Crippen LogP contribution in [-0.2, 0) is 11.3 Å². The predicted octanol–water partition coefficient (Wildman–Crippen LogP) is 2.88. The molecule has 132 valence electrons. The van der Waals surface area contributed by atoms with E-state index in [0.717, 1.165) is 17.2 Å². The van der Waals surface area contributed by atoms with E-state index in [-0.39, 0.29) is 23.0 Å². The smallest absolute Gasteiger partial charge is 0.252 e. The molecular weight excluding hydrogens is 370 g/mol. The van der Waals surface area contributed by atoms with Gasteiger partial charge < -0.3 is 15.4 Å². The Morgan fingerprint density at radius 3 is 2.81 bits per heavy atom. The maximum atomic E-state index is 12.1. The second-order valence-corrected chi connectivity index (χ2v) is 7.91. The number of aromatic nitrogens is 1. The van der Waals surface area contributed by atoms with Crippen LogP contribution in [0.4, 0.5) is 0 Å². The summed E-state index contributed by atoms with van der Waals surface area (Å²) < 4.78 is 1.02. The lowest BCUT2D eigenvalue weighted by Gasteiger charge is -2.05. The first-order chi connectivity index (χ1) is 12.5. The second kappa shape index (κ2) is 7.64. The van der Waals surface area contributed by atoms with Gasteiger partial charge in [0.25, 0.3) is 5.56 Å². The average molecular weight is 385 g/mol. The van der Waals surface area contributed by atoms with Crippen LogP contribution in [0.3, 0.4) is 0 Å². The molecule has 0 aliphatic heterocycles. The molecule has 0 bridgehead atoms. The third-order valence-corrected chi connectivity index (χ3v) is 6.16. The van der Waals surface area contributed by atoms with Gasteiger partial charge >= 0.3 is 0 Å². The Kier molecular flexibility index (Phi) is 5.30. The number of rotatable bonds is 5. The number of carbonyl (C=O) groups excluding carboxylic acids is 1. The minimum Gasteiger partial charge on any atom is -0.506 e. The Morgan fingerprint density at radius 1 is 1.38 bits per heavy atom. The number of amides is 1. The number of aromatic hydroxyl groups is 1. The number of nitrogens with zero attached hydrogens (tertiary/aromatic N) is 1. The first-order valence-electron chi connectivity index (χ1n) is 7.72. The molecule has 3 N–H and O–H groups in total. The van der Waals surface area contributed by atoms with Gasteiger partial charge in [-0.05, 0) is 12.5 Å². The Balaban J connectivity index is 1.68. The topological polar surface area (TPSA) is 106 Å². The van der Waals surface area contributed by atoms with E-state index >= 15 is 0 Å². The Bertz CT molecular complexity index is 1060. The van der Waals surface area contributed by atoms with Crippen LogP contribution in [0.5, 0.6) is 5.75 Å². The number of thiophene rings is 1. The summed E-state index contributed by atoms with van der Waals surface area (Å²) in [5.41, 5.74) is 2.28. The van der Waals surface area contributed by atoms with Gasteiger partial charge in [-0.25, -0.2) is 0 Å². The maximum absolute atomic E-state index is 12.1. The molecule has 1 aromatic carbocycles. The standard InChI is InChI=1S/C18H15N3O3S2/c1-10-2-4-11(5-3-10)8-20-15(24)9-25-18-12(7-19)16-17(26-18)13(22)6-14(23)21-16/h2-6H,8-9H2,1H3,(H,20,24)(H2,21,22,23). The summed E-state index contributed by atoms with van der Waals surface area (Å²) >= 11 is 2.39. The van der Waals surface area contributed by atoms with Crippen molar-refractivity contribution in [1.29, 1.82) is 5.26 Å². The predicted molar refractivity (Wildman–Crippen MR) is 103 cm³/mol. The summed E-state index contributed by atoms with van der Waals surface area (Å²) in [5.74, 6) is -0.186. The Labute approximate surface area is 157 Å². The van der Waals surface area contributed by atoms with Gasteiger partial charge in [0.05, 0.1) is 20.2 Å². The minimum atomic E-state index is -0.475. The zero-order valence-corrected chi connectivity index (χ0v) is 15.5. The molecule has 0 radical (unpaired) electrons. The van der Waals surface area contributed by atoms with Crippen molar-refractivity contribution < 1.29 is 9.90 Å². The van der Waals surface area contributed by atoms with E-state index in [4.69, 9.17) is 0 Å². The van der Waals surface area contributed by atoms with Gasteiger partial charge in [0.1, 0.15) is 17.4 Å². The van der Waals surface area contributed by atoms with Crippen LogP contribution in [0.1, 0.15) is 16.7 Å².